The van der Waals surface area contributed by atoms with Gasteiger partial charge in [0, 0.05) is 34.4 Å². The maximum absolute atomic E-state index is 13.4. The largest absolute Gasteiger partial charge is 0.494 e. The molecule has 0 radical (unpaired) electrons. The van der Waals surface area contributed by atoms with Crippen LogP contribution in [0.1, 0.15) is 68.9 Å². The van der Waals surface area contributed by atoms with Crippen molar-refractivity contribution < 1.29 is 14.0 Å². The van der Waals surface area contributed by atoms with Crippen LogP contribution in [-0.4, -0.2) is 52.9 Å². The number of aryl methyl sites for hydroxylation is 1. The van der Waals surface area contributed by atoms with Crippen LogP contribution in [0.4, 0.5) is 5.13 Å². The Hall–Kier alpha value is -2.05. The quantitative estimate of drug-likeness (QED) is 0.117. The number of nitrogens with one attached hydrogen (secondary N) is 1. The topological polar surface area (TPSA) is 99.1 Å². The van der Waals surface area contributed by atoms with Crippen LogP contribution < -0.4 is 10.1 Å². The van der Waals surface area contributed by atoms with Crippen molar-refractivity contribution in [1.82, 2.24) is 20.2 Å². The third-order valence-electron chi connectivity index (χ3n) is 7.62. The Morgan fingerprint density at radius 1 is 1.12 bits per heavy atom. The van der Waals surface area contributed by atoms with E-state index < -0.39 is 8.32 Å². The molecule has 1 fully saturated rings. The van der Waals surface area contributed by atoms with Gasteiger partial charge in [-0.3, -0.25) is 15.1 Å². The zero-order chi connectivity index (χ0) is 29.1. The monoisotopic (exact) mass is 619 g/mol. The average Bonchev–Trinajstić information content (AvgIpc) is 3.19. The van der Waals surface area contributed by atoms with E-state index in [4.69, 9.17) is 20.8 Å². The first-order valence-corrected chi connectivity index (χ1v) is 18.5. The highest BCUT2D eigenvalue weighted by molar-refractivity contribution is 8.01. The molecule has 0 aliphatic heterocycles. The van der Waals surface area contributed by atoms with Gasteiger partial charge in [-0.25, -0.2) is 4.98 Å². The molecule has 8 nitrogen and oxygen atoms in total. The van der Waals surface area contributed by atoms with Gasteiger partial charge in [0.2, 0.25) is 5.13 Å². The fourth-order valence-corrected chi connectivity index (χ4v) is 8.29. The SMILES string of the molecule is COc1cnc(Cl)cc1-c1cc(C)ncc1C(=O)Nc1nnc(SC2CCCCC(O[Si](C)(C)C(C)(C)C)C2)s1. The van der Waals surface area contributed by atoms with Crippen molar-refractivity contribution in [3.05, 3.63) is 40.9 Å². The van der Waals surface area contributed by atoms with Gasteiger partial charge in [-0.2, -0.15) is 0 Å². The molecule has 1 aliphatic rings. The summed E-state index contributed by atoms with van der Waals surface area (Å²) in [5.74, 6) is 0.181. The summed E-state index contributed by atoms with van der Waals surface area (Å²) in [6.07, 6.45) is 8.99. The van der Waals surface area contributed by atoms with Crippen LogP contribution in [0.3, 0.4) is 0 Å². The minimum absolute atomic E-state index is 0.190. The van der Waals surface area contributed by atoms with Gasteiger partial charge in [0.05, 0.1) is 18.9 Å². The van der Waals surface area contributed by atoms with Crippen molar-refractivity contribution in [2.45, 2.75) is 93.6 Å². The average molecular weight is 620 g/mol. The molecular formula is C28H38ClN5O3S2Si. The lowest BCUT2D eigenvalue weighted by Gasteiger charge is -2.39. The summed E-state index contributed by atoms with van der Waals surface area (Å²) in [4.78, 5) is 21.8. The van der Waals surface area contributed by atoms with Crippen LogP contribution in [0.25, 0.3) is 11.1 Å². The summed E-state index contributed by atoms with van der Waals surface area (Å²) < 4.78 is 13.1. The van der Waals surface area contributed by atoms with Gasteiger partial charge >= 0.3 is 0 Å². The first-order valence-electron chi connectivity index (χ1n) is 13.5. The molecule has 0 saturated heterocycles. The predicted octanol–water partition coefficient (Wildman–Crippen LogP) is 8.03. The van der Waals surface area contributed by atoms with Gasteiger partial charge in [0.15, 0.2) is 12.7 Å². The summed E-state index contributed by atoms with van der Waals surface area (Å²) in [5, 5.41) is 12.9. The first-order chi connectivity index (χ1) is 18.9. The molecule has 0 aromatic carbocycles. The molecule has 0 spiro atoms. The molecule has 3 aromatic heterocycles. The van der Waals surface area contributed by atoms with Crippen LogP contribution in [0.5, 0.6) is 5.75 Å². The number of hydrogen-bond donors (Lipinski definition) is 1. The van der Waals surface area contributed by atoms with Crippen LogP contribution in [-0.2, 0) is 4.43 Å². The molecule has 3 aromatic rings. The Balaban J connectivity index is 1.46. The highest BCUT2D eigenvalue weighted by atomic mass is 35.5. The predicted molar refractivity (Wildman–Crippen MR) is 166 cm³/mol. The number of hydrogen-bond acceptors (Lipinski definition) is 9. The number of thioether (sulfide) groups is 1. The molecule has 2 atom stereocenters. The molecule has 0 bridgehead atoms. The highest BCUT2D eigenvalue weighted by Crippen LogP contribution is 2.41. The molecule has 40 heavy (non-hydrogen) atoms. The van der Waals surface area contributed by atoms with Crippen molar-refractivity contribution >= 4 is 54.1 Å². The van der Waals surface area contributed by atoms with E-state index in [1.165, 1.54) is 24.2 Å². The van der Waals surface area contributed by atoms with Gasteiger partial charge in [-0.05, 0) is 56.5 Å². The molecule has 1 N–H and O–H groups in total. The number of aromatic nitrogens is 4. The highest BCUT2D eigenvalue weighted by Gasteiger charge is 2.40. The number of amides is 1. The molecule has 12 heteroatoms. The Labute approximate surface area is 251 Å². The van der Waals surface area contributed by atoms with Gasteiger partial charge in [-0.15, -0.1) is 10.2 Å². The van der Waals surface area contributed by atoms with E-state index in [-0.39, 0.29) is 17.0 Å². The maximum atomic E-state index is 13.4. The Morgan fingerprint density at radius 3 is 2.60 bits per heavy atom. The Bertz CT molecular complexity index is 1350. The minimum Gasteiger partial charge on any atom is -0.494 e. The fraction of sp³-hybridized carbons (Fsp3) is 0.536. The summed E-state index contributed by atoms with van der Waals surface area (Å²) >= 11 is 9.31. The van der Waals surface area contributed by atoms with Crippen molar-refractivity contribution in [3.63, 3.8) is 0 Å². The van der Waals surface area contributed by atoms with E-state index in [1.807, 2.05) is 13.0 Å². The number of nitrogens with zero attached hydrogens (tertiary/aromatic N) is 4. The van der Waals surface area contributed by atoms with Crippen LogP contribution in [0.2, 0.25) is 23.3 Å². The van der Waals surface area contributed by atoms with Crippen molar-refractivity contribution in [2.24, 2.45) is 0 Å². The van der Waals surface area contributed by atoms with Crippen LogP contribution in [0.15, 0.2) is 28.9 Å². The third-order valence-corrected chi connectivity index (χ3v) is 14.6. The molecule has 216 valence electrons. The zero-order valence-corrected chi connectivity index (χ0v) is 27.6. The molecule has 3 heterocycles. The second kappa shape index (κ2) is 12.9. The second-order valence-corrected chi connectivity index (χ2v) is 19.3. The normalized spacial score (nSPS) is 18.3. The smallest absolute Gasteiger partial charge is 0.259 e. The summed E-state index contributed by atoms with van der Waals surface area (Å²) in [5.41, 5.74) is 2.45. The van der Waals surface area contributed by atoms with Crippen molar-refractivity contribution in [3.8, 4) is 16.9 Å². The zero-order valence-electron chi connectivity index (χ0n) is 24.2. The van der Waals surface area contributed by atoms with Gasteiger partial charge < -0.3 is 9.16 Å². The number of methoxy groups -OCH3 is 1. The number of rotatable bonds is 8. The number of pyridine rings is 2. The third kappa shape index (κ3) is 7.61. The lowest BCUT2D eigenvalue weighted by atomic mass is 10.0. The number of anilines is 1. The van der Waals surface area contributed by atoms with Gasteiger partial charge in [-0.1, -0.05) is 68.3 Å². The lowest BCUT2D eigenvalue weighted by Crippen LogP contribution is -2.44. The fourth-order valence-electron chi connectivity index (χ4n) is 4.45. The summed E-state index contributed by atoms with van der Waals surface area (Å²) in [6.45, 7) is 13.4. The van der Waals surface area contributed by atoms with Gasteiger partial charge in [0.25, 0.3) is 5.91 Å². The molecule has 4 rings (SSSR count). The second-order valence-electron chi connectivity index (χ2n) is 11.7. The summed E-state index contributed by atoms with van der Waals surface area (Å²) in [7, 11) is -0.277. The number of carbonyl (C=O) groups excluding carboxylic acids is 1. The van der Waals surface area contributed by atoms with E-state index >= 15 is 0 Å². The molecule has 1 aliphatic carbocycles. The Kier molecular flexibility index (Phi) is 9.93. The van der Waals surface area contributed by atoms with E-state index in [1.54, 1.807) is 37.3 Å². The number of halogens is 1. The van der Waals surface area contributed by atoms with E-state index in [0.717, 1.165) is 29.3 Å². The maximum Gasteiger partial charge on any atom is 0.259 e. The van der Waals surface area contributed by atoms with Crippen molar-refractivity contribution in [2.75, 3.05) is 12.4 Å². The van der Waals surface area contributed by atoms with E-state index in [9.17, 15) is 4.79 Å². The standard InChI is InChI=1S/C28H38ClN5O3S2Si/c1-17-12-20(21-14-24(29)31-16-23(21)36-5)22(15-30-17)25(35)32-26-33-34-27(39-26)38-19-11-9-8-10-18(13-19)37-40(6,7)28(2,3)4/h12,14-16,18-19H,8-11,13H2,1-7H3,(H,32,33,35). The van der Waals surface area contributed by atoms with Crippen LogP contribution >= 0.6 is 34.7 Å². The first kappa shape index (κ1) is 30.9. The van der Waals surface area contributed by atoms with Crippen LogP contribution in [0, 0.1) is 6.92 Å². The minimum atomic E-state index is -1.83. The van der Waals surface area contributed by atoms with E-state index in [0.29, 0.717) is 38.0 Å². The van der Waals surface area contributed by atoms with E-state index in [2.05, 4.69) is 59.3 Å². The molecule has 2 unspecified atom stereocenters. The number of carbonyl (C=O) groups is 1. The van der Waals surface area contributed by atoms with Crippen molar-refractivity contribution in [1.29, 1.82) is 0 Å². The number of ether oxygens (including phenoxy) is 1. The summed E-state index contributed by atoms with van der Waals surface area (Å²) in [6, 6.07) is 3.51. The van der Waals surface area contributed by atoms with Gasteiger partial charge in [0.1, 0.15) is 10.9 Å². The molecule has 1 amide bonds. The lowest BCUT2D eigenvalue weighted by molar-refractivity contribution is 0.102. The molecular weight excluding hydrogens is 582 g/mol. The molecule has 1 saturated carbocycles. The Morgan fingerprint density at radius 2 is 1.88 bits per heavy atom.